The van der Waals surface area contributed by atoms with Gasteiger partial charge in [-0.15, -0.1) is 0 Å². The zero-order valence-electron chi connectivity index (χ0n) is 10.2. The lowest BCUT2D eigenvalue weighted by Gasteiger charge is -2.11. The maximum absolute atomic E-state index is 11.8. The Balaban J connectivity index is 2.01. The predicted octanol–water partition coefficient (Wildman–Crippen LogP) is -0.0148. The molecule has 0 aliphatic carbocycles. The summed E-state index contributed by atoms with van der Waals surface area (Å²) in [5, 5.41) is 3.25. The van der Waals surface area contributed by atoms with Crippen molar-refractivity contribution in [2.45, 2.75) is 10.9 Å². The van der Waals surface area contributed by atoms with E-state index in [0.29, 0.717) is 0 Å². The number of rotatable bonds is 3. The van der Waals surface area contributed by atoms with Crippen LogP contribution in [0.3, 0.4) is 0 Å². The van der Waals surface area contributed by atoms with E-state index in [2.05, 4.69) is 5.32 Å². The van der Waals surface area contributed by atoms with Crippen molar-refractivity contribution in [3.8, 4) is 0 Å². The molecule has 1 aliphatic rings. The van der Waals surface area contributed by atoms with Crippen LogP contribution in [0, 0.1) is 0 Å². The number of amides is 2. The van der Waals surface area contributed by atoms with Crippen LogP contribution in [-0.4, -0.2) is 34.7 Å². The molecule has 9 heteroatoms. The molecule has 0 radical (unpaired) electrons. The molecule has 2 rings (SSSR count). The Bertz CT molecular complexity index is 738. The minimum absolute atomic E-state index is 0.0512. The first-order valence-corrected chi connectivity index (χ1v) is 8.78. The van der Waals surface area contributed by atoms with Gasteiger partial charge >= 0.3 is 6.03 Å². The number of hydrogen-bond donors (Lipinski definition) is 2. The first-order chi connectivity index (χ1) is 9.28. The Kier molecular flexibility index (Phi) is 3.82. The summed E-state index contributed by atoms with van der Waals surface area (Å²) in [4.78, 5) is 11.5. The van der Waals surface area contributed by atoms with E-state index in [1.165, 1.54) is 30.3 Å². The number of urea groups is 1. The maximum atomic E-state index is 11.8. The van der Waals surface area contributed by atoms with Crippen molar-refractivity contribution >= 4 is 25.9 Å². The number of carbonyl (C=O) groups is 1. The van der Waals surface area contributed by atoms with Crippen LogP contribution in [0.2, 0.25) is 0 Å². The minimum Gasteiger partial charge on any atom is -0.330 e. The van der Waals surface area contributed by atoms with Gasteiger partial charge in [0.05, 0.1) is 16.7 Å². The third-order valence-electron chi connectivity index (χ3n) is 2.53. The zero-order valence-corrected chi connectivity index (χ0v) is 11.8. The van der Waals surface area contributed by atoms with Gasteiger partial charge in [-0.05, 0) is 18.2 Å². The van der Waals surface area contributed by atoms with Crippen molar-refractivity contribution in [1.29, 1.82) is 0 Å². The van der Waals surface area contributed by atoms with Crippen molar-refractivity contribution in [3.63, 3.8) is 0 Å². The highest BCUT2D eigenvalue weighted by atomic mass is 32.2. The van der Waals surface area contributed by atoms with Gasteiger partial charge in [-0.3, -0.25) is 0 Å². The second-order valence-electron chi connectivity index (χ2n) is 4.16. The molecule has 0 bridgehead atoms. The van der Waals surface area contributed by atoms with Crippen LogP contribution in [0.4, 0.5) is 4.79 Å². The second kappa shape index (κ2) is 5.25. The van der Waals surface area contributed by atoms with E-state index >= 15 is 0 Å². The number of carbonyl (C=O) groups excluding carboxylic acids is 1. The topological polar surface area (TPSA) is 109 Å². The number of nitrogens with one attached hydrogen (secondary N) is 2. The largest absolute Gasteiger partial charge is 0.330 e. The highest BCUT2D eigenvalue weighted by Crippen LogP contribution is 2.09. The highest BCUT2D eigenvalue weighted by Gasteiger charge is 2.25. The molecule has 7 nitrogen and oxygen atoms in total. The van der Waals surface area contributed by atoms with Crippen molar-refractivity contribution < 1.29 is 21.6 Å². The van der Waals surface area contributed by atoms with Gasteiger partial charge in [0.2, 0.25) is 0 Å². The summed E-state index contributed by atoms with van der Waals surface area (Å²) in [5.41, 5.74) is 0. The van der Waals surface area contributed by atoms with Crippen LogP contribution in [0.1, 0.15) is 0 Å². The maximum Gasteiger partial charge on any atom is 0.329 e. The lowest BCUT2D eigenvalue weighted by Crippen LogP contribution is -2.44. The van der Waals surface area contributed by atoms with Crippen molar-refractivity contribution in [2.75, 3.05) is 5.75 Å². The molecule has 0 spiro atoms. The predicted molar refractivity (Wildman–Crippen MR) is 72.0 cm³/mol. The molecule has 2 N–H and O–H groups in total. The van der Waals surface area contributed by atoms with Crippen LogP contribution < -0.4 is 10.0 Å². The van der Waals surface area contributed by atoms with Gasteiger partial charge in [0.25, 0.3) is 10.0 Å². The molecule has 1 unspecified atom stereocenters. The van der Waals surface area contributed by atoms with E-state index in [9.17, 15) is 21.6 Å². The fraction of sp³-hybridized carbons (Fsp3) is 0.182. The summed E-state index contributed by atoms with van der Waals surface area (Å²) in [5.74, 6) is -0.272. The minimum atomic E-state index is -3.97. The quantitative estimate of drug-likeness (QED) is 0.815. The highest BCUT2D eigenvalue weighted by molar-refractivity contribution is 7.94. The molecule has 0 fully saturated rings. The molecule has 0 saturated carbocycles. The molecule has 1 aliphatic heterocycles. The second-order valence-corrected chi connectivity index (χ2v) is 7.77. The summed E-state index contributed by atoms with van der Waals surface area (Å²) in [6.07, 6.45) is 1.30. The van der Waals surface area contributed by atoms with Gasteiger partial charge in [0.1, 0.15) is 0 Å². The monoisotopic (exact) mass is 316 g/mol. The third kappa shape index (κ3) is 3.58. The standard InChI is InChI=1S/C11H12N2O5S2/c14-11(12-9-6-7-19(15,16)8-9)13-20(17,18)10-4-2-1-3-5-10/h1-7,9H,8H2,(H2,12,13,14). The molecular formula is C11H12N2O5S2. The smallest absolute Gasteiger partial charge is 0.329 e. The zero-order chi connectivity index (χ0) is 14.8. The van der Waals surface area contributed by atoms with Crippen LogP contribution in [0.5, 0.6) is 0 Å². The van der Waals surface area contributed by atoms with E-state index in [4.69, 9.17) is 0 Å². The molecular weight excluding hydrogens is 304 g/mol. The van der Waals surface area contributed by atoms with Crippen molar-refractivity contribution in [1.82, 2.24) is 10.0 Å². The van der Waals surface area contributed by atoms with Crippen LogP contribution in [0.15, 0.2) is 46.7 Å². The Hall–Kier alpha value is -1.87. The number of sulfone groups is 1. The Morgan fingerprint density at radius 3 is 2.40 bits per heavy atom. The molecule has 1 heterocycles. The molecule has 108 valence electrons. The number of sulfonamides is 1. The molecule has 1 aromatic rings. The van der Waals surface area contributed by atoms with Gasteiger partial charge in [0.15, 0.2) is 9.84 Å². The Labute approximate surface area is 116 Å². The van der Waals surface area contributed by atoms with Gasteiger partial charge < -0.3 is 5.32 Å². The molecule has 1 atom stereocenters. The molecule has 20 heavy (non-hydrogen) atoms. The molecule has 1 aromatic carbocycles. The molecule has 0 saturated heterocycles. The third-order valence-corrected chi connectivity index (χ3v) is 5.27. The normalized spacial score (nSPS) is 20.5. The fourth-order valence-corrected chi connectivity index (χ4v) is 3.82. The van der Waals surface area contributed by atoms with Gasteiger partial charge in [-0.1, -0.05) is 18.2 Å². The van der Waals surface area contributed by atoms with E-state index in [-0.39, 0.29) is 10.6 Å². The molecule has 0 aromatic heterocycles. The summed E-state index contributed by atoms with van der Waals surface area (Å²) in [6.45, 7) is 0. The summed E-state index contributed by atoms with van der Waals surface area (Å²) >= 11 is 0. The van der Waals surface area contributed by atoms with Gasteiger partial charge in [-0.2, -0.15) is 0 Å². The summed E-state index contributed by atoms with van der Waals surface area (Å²) in [6, 6.07) is 5.68. The first-order valence-electron chi connectivity index (χ1n) is 5.58. The van der Waals surface area contributed by atoms with Crippen LogP contribution in [-0.2, 0) is 19.9 Å². The van der Waals surface area contributed by atoms with Crippen LogP contribution >= 0.6 is 0 Å². The SMILES string of the molecule is O=C(NC1C=CS(=O)(=O)C1)NS(=O)(=O)c1ccccc1. The average Bonchev–Trinajstić information content (AvgIpc) is 2.69. The van der Waals surface area contributed by atoms with E-state index in [1.54, 1.807) is 6.07 Å². The Morgan fingerprint density at radius 1 is 1.20 bits per heavy atom. The fourth-order valence-electron chi connectivity index (χ4n) is 1.64. The van der Waals surface area contributed by atoms with Gasteiger partial charge in [0, 0.05) is 5.41 Å². The van der Waals surface area contributed by atoms with Crippen LogP contribution in [0.25, 0.3) is 0 Å². The van der Waals surface area contributed by atoms with E-state index in [1.807, 2.05) is 4.72 Å². The van der Waals surface area contributed by atoms with Gasteiger partial charge in [-0.25, -0.2) is 26.4 Å². The molecule has 2 amide bonds. The lowest BCUT2D eigenvalue weighted by molar-refractivity contribution is 0.244. The lowest BCUT2D eigenvalue weighted by atomic mass is 10.3. The summed E-state index contributed by atoms with van der Waals surface area (Å²) < 4.78 is 47.8. The summed E-state index contributed by atoms with van der Waals surface area (Å²) in [7, 11) is -7.27. The number of hydrogen-bond acceptors (Lipinski definition) is 5. The Morgan fingerprint density at radius 2 is 1.85 bits per heavy atom. The van der Waals surface area contributed by atoms with Crippen molar-refractivity contribution in [2.24, 2.45) is 0 Å². The van der Waals surface area contributed by atoms with Crippen molar-refractivity contribution in [3.05, 3.63) is 41.8 Å². The average molecular weight is 316 g/mol. The number of benzene rings is 1. The van der Waals surface area contributed by atoms with E-state index in [0.717, 1.165) is 5.41 Å². The van der Waals surface area contributed by atoms with E-state index < -0.39 is 31.9 Å². The first kappa shape index (κ1) is 14.5.